The lowest BCUT2D eigenvalue weighted by Gasteiger charge is -2.55. The number of hydrogen-bond donors (Lipinski definition) is 0. The molecule has 0 N–H and O–H groups in total. The lowest BCUT2D eigenvalue weighted by atomic mass is 9.94. The highest BCUT2D eigenvalue weighted by Crippen LogP contribution is 2.48. The normalized spacial score (nSPS) is 31.9. The van der Waals surface area contributed by atoms with Crippen LogP contribution in [0.4, 0.5) is 0 Å². The van der Waals surface area contributed by atoms with Crippen molar-refractivity contribution in [2.45, 2.75) is 258 Å². The van der Waals surface area contributed by atoms with Crippen LogP contribution in [-0.2, 0) is 135 Å². The maximum Gasteiger partial charge on any atom is 0.305 e. The average Bonchev–Trinajstić information content (AvgIpc) is 0.646. The maximum atomic E-state index is 12.0. The quantitative estimate of drug-likeness (QED) is 0.0208. The van der Waals surface area contributed by atoms with Crippen molar-refractivity contribution in [2.24, 2.45) is 0 Å². The highest BCUT2D eigenvalue weighted by molar-refractivity contribution is 6.74. The Morgan fingerprint density at radius 1 is 0.325 bits per heavy atom. The van der Waals surface area contributed by atoms with Crippen LogP contribution in [0.3, 0.4) is 0 Å². The van der Waals surface area contributed by atoms with E-state index in [1.54, 1.807) is 0 Å². The molecule has 24 atom stereocenters. The molecule has 0 amide bonds. The topological polar surface area (TPSA) is 220 Å². The van der Waals surface area contributed by atoms with Crippen molar-refractivity contribution in [1.29, 1.82) is 0 Å². The smallest absolute Gasteiger partial charge is 0.305 e. The lowest BCUT2D eigenvalue weighted by Crippen LogP contribution is -2.71. The largest absolute Gasteiger partial charge is 0.469 e. The Balaban J connectivity index is 0.830. The van der Waals surface area contributed by atoms with Gasteiger partial charge in [-0.15, -0.1) is 0 Å². The molecule has 24 heteroatoms. The Kier molecular flexibility index (Phi) is 29.7. The van der Waals surface area contributed by atoms with Crippen LogP contribution in [-0.4, -0.2) is 177 Å². The van der Waals surface area contributed by atoms with E-state index < -0.39 is 156 Å². The van der Waals surface area contributed by atoms with Crippen LogP contribution in [0.25, 0.3) is 0 Å². The average molecular weight is 1660 g/mol. The molecule has 0 radical (unpaired) electrons. The fourth-order valence-corrected chi connectivity index (χ4v) is 17.8. The molecule has 8 saturated heterocycles. The van der Waals surface area contributed by atoms with Crippen LogP contribution >= 0.6 is 0 Å². The molecule has 0 saturated carbocycles. The second-order valence-corrected chi connectivity index (χ2v) is 38.1. The molecule has 640 valence electrons. The molecule has 8 aliphatic heterocycles. The van der Waals surface area contributed by atoms with Crippen LogP contribution in [0.2, 0.25) is 18.1 Å². The fourth-order valence-electron chi connectivity index (χ4n) is 16.5. The molecule has 0 aromatic heterocycles. The van der Waals surface area contributed by atoms with E-state index in [9.17, 15) is 4.79 Å². The minimum Gasteiger partial charge on any atom is -0.469 e. The van der Waals surface area contributed by atoms with Crippen LogP contribution < -0.4 is 0 Å². The maximum absolute atomic E-state index is 12.0. The van der Waals surface area contributed by atoms with E-state index in [0.29, 0.717) is 12.8 Å². The third kappa shape index (κ3) is 21.5. The molecule has 8 aliphatic rings. The number of hydrogen-bond acceptors (Lipinski definition) is 23. The standard InChI is InChI=1S/C96H114O23Si/c1-96(2,3)120(5,6)119-87-83(103-58-66-43-25-14-26-44-66)79-74(62-107-91(115-79)70-51-33-18-34-52-70)111-95(87)118-86-82(102-57-65-41-23-13-24-42-65)78-73(61-106-90(114-78)69-49-31-17-32-50-69)110-94(86)117-85-81(101-56-64-39-21-12-22-40-64)77-72(60-105-89(113-77)68-47-29-16-30-48-68)109-93(85)116-84-80(100-55-63-37-19-11-20-38-63)76-71(59-104-88(112-76)67-45-27-15-28-46-67)108-92(84)99-54-36-10-8-7-9-35-53-75(97)98-4/h11-34,37-52,71-74,76-95H,7-10,35-36,53-62H2,1-6H3/t71-,72-,73-,74-,76-,77-,78-,79-,80+,81+,82+,83+,84+,85+,86+,87+,88?,89?,90?,91?,92?,93+,94+,95+/m1/s1. The minimum atomic E-state index is -2.90. The van der Waals surface area contributed by atoms with E-state index in [1.165, 1.54) is 7.11 Å². The predicted octanol–water partition coefficient (Wildman–Crippen LogP) is 16.2. The number of unbranched alkanes of at least 4 members (excludes halogenated alkanes) is 5. The van der Waals surface area contributed by atoms with Gasteiger partial charge in [-0.1, -0.05) is 289 Å². The molecule has 16 rings (SSSR count). The van der Waals surface area contributed by atoms with Gasteiger partial charge in [0, 0.05) is 35.3 Å². The number of carbonyl (C=O) groups is 1. The van der Waals surface area contributed by atoms with Crippen molar-refractivity contribution in [1.82, 2.24) is 0 Å². The summed E-state index contributed by atoms with van der Waals surface area (Å²) in [4.78, 5) is 12.0. The Hall–Kier alpha value is -7.39. The van der Waals surface area contributed by atoms with E-state index >= 15 is 0 Å². The van der Waals surface area contributed by atoms with Crippen molar-refractivity contribution < 1.29 is 109 Å². The zero-order chi connectivity index (χ0) is 82.2. The number of carbonyl (C=O) groups excluding carboxylic acids is 1. The molecule has 0 spiro atoms. The minimum absolute atomic E-state index is 0.0267. The van der Waals surface area contributed by atoms with Crippen molar-refractivity contribution in [2.75, 3.05) is 40.1 Å². The van der Waals surface area contributed by atoms with Gasteiger partial charge in [0.2, 0.25) is 0 Å². The van der Waals surface area contributed by atoms with E-state index in [4.69, 9.17) is 104 Å². The molecule has 5 unspecified atom stereocenters. The number of methoxy groups -OCH3 is 1. The number of fused-ring (bicyclic) bond motifs is 4. The van der Waals surface area contributed by atoms with Gasteiger partial charge in [-0.05, 0) is 53.2 Å². The Bertz CT molecular complexity index is 4360. The number of esters is 1. The van der Waals surface area contributed by atoms with Gasteiger partial charge >= 0.3 is 5.97 Å². The summed E-state index contributed by atoms with van der Waals surface area (Å²) in [5, 5.41) is -0.346. The summed E-state index contributed by atoms with van der Waals surface area (Å²) in [5.74, 6) is -0.208. The molecule has 8 fully saturated rings. The third-order valence-corrected chi connectivity index (χ3v) is 28.4. The number of benzene rings is 8. The van der Waals surface area contributed by atoms with Gasteiger partial charge in [-0.25, -0.2) is 0 Å². The van der Waals surface area contributed by atoms with Crippen molar-refractivity contribution in [3.63, 3.8) is 0 Å². The first-order valence-corrected chi connectivity index (χ1v) is 45.5. The van der Waals surface area contributed by atoms with Gasteiger partial charge < -0.3 is 104 Å². The first-order valence-electron chi connectivity index (χ1n) is 42.6. The van der Waals surface area contributed by atoms with E-state index in [2.05, 4.69) is 33.9 Å². The third-order valence-electron chi connectivity index (χ3n) is 24.0. The van der Waals surface area contributed by atoms with Crippen LogP contribution in [0, 0.1) is 0 Å². The van der Waals surface area contributed by atoms with Gasteiger partial charge in [-0.2, -0.15) is 0 Å². The zero-order valence-electron chi connectivity index (χ0n) is 69.2. The molecule has 23 nitrogen and oxygen atoms in total. The van der Waals surface area contributed by atoms with Crippen LogP contribution in [0.1, 0.15) is 135 Å². The van der Waals surface area contributed by atoms with Crippen LogP contribution in [0.15, 0.2) is 243 Å². The van der Waals surface area contributed by atoms with Gasteiger partial charge in [-0.3, -0.25) is 4.79 Å². The van der Waals surface area contributed by atoms with Gasteiger partial charge in [0.05, 0.1) is 60.0 Å². The summed E-state index contributed by atoms with van der Waals surface area (Å²) < 4.78 is 159. The molecule has 8 heterocycles. The van der Waals surface area contributed by atoms with Crippen molar-refractivity contribution in [3.8, 4) is 0 Å². The van der Waals surface area contributed by atoms with Crippen molar-refractivity contribution in [3.05, 3.63) is 287 Å². The monoisotopic (exact) mass is 1660 g/mol. The molecule has 8 aromatic carbocycles. The number of rotatable bonds is 34. The first-order chi connectivity index (χ1) is 58.7. The zero-order valence-corrected chi connectivity index (χ0v) is 70.2. The number of ether oxygens (including phenoxy) is 21. The highest BCUT2D eigenvalue weighted by Gasteiger charge is 2.62. The predicted molar refractivity (Wildman–Crippen MR) is 442 cm³/mol. The second kappa shape index (κ2) is 41.4. The molecular formula is C96H114O23Si. The lowest BCUT2D eigenvalue weighted by molar-refractivity contribution is -0.439. The Morgan fingerprint density at radius 3 is 0.900 bits per heavy atom. The second-order valence-electron chi connectivity index (χ2n) is 33.4. The fraction of sp³-hybridized carbons (Fsp3) is 0.490. The van der Waals surface area contributed by atoms with Gasteiger partial charge in [0.1, 0.15) is 97.7 Å². The summed E-state index contributed by atoms with van der Waals surface area (Å²) in [5.41, 5.74) is 6.82. The van der Waals surface area contributed by atoms with Crippen LogP contribution in [0.5, 0.6) is 0 Å². The van der Waals surface area contributed by atoms with E-state index in [1.807, 2.05) is 243 Å². The van der Waals surface area contributed by atoms with Gasteiger partial charge in [0.15, 0.2) is 58.6 Å². The molecule has 0 aliphatic carbocycles. The first kappa shape index (κ1) is 86.1. The van der Waals surface area contributed by atoms with E-state index in [0.717, 1.165) is 76.6 Å². The molecular weight excluding hydrogens is 1550 g/mol. The Labute approximate surface area is 704 Å². The highest BCUT2D eigenvalue weighted by atomic mass is 28.4. The molecule has 120 heavy (non-hydrogen) atoms. The summed E-state index contributed by atoms with van der Waals surface area (Å²) in [7, 11) is -1.48. The molecule has 0 bridgehead atoms. The summed E-state index contributed by atoms with van der Waals surface area (Å²) >= 11 is 0. The van der Waals surface area contributed by atoms with Gasteiger partial charge in [0.25, 0.3) is 0 Å². The summed E-state index contributed by atoms with van der Waals surface area (Å²) in [6.07, 6.45) is -18.7. The van der Waals surface area contributed by atoms with E-state index in [-0.39, 0.29) is 70.5 Å². The summed E-state index contributed by atoms with van der Waals surface area (Å²) in [6, 6.07) is 79.3. The molecule has 8 aromatic rings. The van der Waals surface area contributed by atoms with Crippen molar-refractivity contribution >= 4 is 14.3 Å². The SMILES string of the molecule is COC(=O)CCCCCCCCOC1O[C@@H]2COC(c3ccccc3)O[C@H]2[C@H](OCc2ccccc2)[C@@H]1O[C@@H]1O[C@@H]2COC(c3ccccc3)O[C@H]2[C@H](OCc2ccccc2)[C@@H]1O[C@@H]1O[C@@H]2COC(c3ccccc3)O[C@H]2[C@H](OCc2ccccc2)[C@@H]1O[C@@H]1O[C@@H]2COC(c3ccccc3)O[C@H]2[C@H](OCc2ccccc2)[C@@H]1O[Si](C)(C)C(C)(C)C. The Morgan fingerprint density at radius 2 is 0.592 bits per heavy atom. The summed E-state index contributed by atoms with van der Waals surface area (Å²) in [6.45, 7) is 12.1.